The van der Waals surface area contributed by atoms with E-state index < -0.39 is 5.63 Å². The van der Waals surface area contributed by atoms with Crippen molar-refractivity contribution in [2.45, 2.75) is 6.92 Å². The van der Waals surface area contributed by atoms with Crippen LogP contribution in [0.3, 0.4) is 0 Å². The number of fused-ring (bicyclic) bond motifs is 1. The van der Waals surface area contributed by atoms with Crippen LogP contribution in [0.4, 0.5) is 0 Å². The van der Waals surface area contributed by atoms with Gasteiger partial charge in [0.1, 0.15) is 11.1 Å². The molecule has 0 aliphatic heterocycles. The lowest BCUT2D eigenvalue weighted by Gasteiger charge is -2.12. The van der Waals surface area contributed by atoms with Gasteiger partial charge in [-0.05, 0) is 36.8 Å². The standard InChI is InChI=1S/C23H15BrO3/c1-14-10-11-19-18(12-14)20(15-6-3-2-4-7-15)21(23(26)27-19)22(25)16-8-5-9-17(24)13-16/h2-13H,1H3. The summed E-state index contributed by atoms with van der Waals surface area (Å²) in [5.41, 5.74) is 2.76. The first-order valence-electron chi connectivity index (χ1n) is 8.48. The Morgan fingerprint density at radius 2 is 1.70 bits per heavy atom. The zero-order valence-electron chi connectivity index (χ0n) is 14.5. The summed E-state index contributed by atoms with van der Waals surface area (Å²) in [6, 6.07) is 22.1. The molecule has 0 bridgehead atoms. The molecule has 1 aromatic heterocycles. The van der Waals surface area contributed by atoms with Crippen molar-refractivity contribution in [1.29, 1.82) is 0 Å². The lowest BCUT2D eigenvalue weighted by Crippen LogP contribution is -2.17. The van der Waals surface area contributed by atoms with E-state index in [1.807, 2.05) is 55.5 Å². The van der Waals surface area contributed by atoms with Gasteiger partial charge in [0.25, 0.3) is 0 Å². The molecule has 0 aliphatic carbocycles. The van der Waals surface area contributed by atoms with Gasteiger partial charge in [-0.25, -0.2) is 4.79 Å². The quantitative estimate of drug-likeness (QED) is 0.313. The highest BCUT2D eigenvalue weighted by atomic mass is 79.9. The van der Waals surface area contributed by atoms with E-state index in [0.717, 1.165) is 21.0 Å². The molecular weight excluding hydrogens is 404 g/mol. The second kappa shape index (κ2) is 6.97. The normalized spacial score (nSPS) is 10.9. The summed E-state index contributed by atoms with van der Waals surface area (Å²) in [7, 11) is 0. The molecule has 0 radical (unpaired) electrons. The van der Waals surface area contributed by atoms with Gasteiger partial charge in [0.05, 0.1) is 0 Å². The van der Waals surface area contributed by atoms with Crippen molar-refractivity contribution >= 4 is 32.7 Å². The van der Waals surface area contributed by atoms with Crippen LogP contribution in [0.2, 0.25) is 0 Å². The number of aryl methyl sites for hydroxylation is 1. The van der Waals surface area contributed by atoms with Crippen LogP contribution in [-0.2, 0) is 0 Å². The summed E-state index contributed by atoms with van der Waals surface area (Å²) in [6.07, 6.45) is 0. The number of ketones is 1. The van der Waals surface area contributed by atoms with Crippen LogP contribution in [0.15, 0.2) is 86.5 Å². The van der Waals surface area contributed by atoms with Crippen molar-refractivity contribution in [3.63, 3.8) is 0 Å². The summed E-state index contributed by atoms with van der Waals surface area (Å²) in [4.78, 5) is 26.1. The molecule has 132 valence electrons. The smallest absolute Gasteiger partial charge is 0.348 e. The van der Waals surface area contributed by atoms with E-state index in [-0.39, 0.29) is 11.3 Å². The van der Waals surface area contributed by atoms with E-state index in [4.69, 9.17) is 4.42 Å². The Balaban J connectivity index is 2.09. The minimum atomic E-state index is -0.629. The van der Waals surface area contributed by atoms with Crippen LogP contribution in [0.25, 0.3) is 22.1 Å². The number of rotatable bonds is 3. The molecular formula is C23H15BrO3. The van der Waals surface area contributed by atoms with E-state index in [2.05, 4.69) is 15.9 Å². The lowest BCUT2D eigenvalue weighted by molar-refractivity contribution is 0.103. The van der Waals surface area contributed by atoms with Crippen molar-refractivity contribution in [3.8, 4) is 11.1 Å². The molecule has 3 aromatic carbocycles. The van der Waals surface area contributed by atoms with Gasteiger partial charge in [0, 0.05) is 21.0 Å². The zero-order chi connectivity index (χ0) is 19.0. The topological polar surface area (TPSA) is 47.3 Å². The van der Waals surface area contributed by atoms with Gasteiger partial charge in [0.15, 0.2) is 0 Å². The Kier molecular flexibility index (Phi) is 4.50. The third-order valence-electron chi connectivity index (χ3n) is 4.44. The molecule has 0 atom stereocenters. The van der Waals surface area contributed by atoms with Crippen LogP contribution >= 0.6 is 15.9 Å². The van der Waals surface area contributed by atoms with Crippen LogP contribution in [0, 0.1) is 6.92 Å². The first-order chi connectivity index (χ1) is 13.0. The molecule has 0 aliphatic rings. The lowest BCUT2D eigenvalue weighted by atomic mass is 9.92. The molecule has 0 N–H and O–H groups in total. The average molecular weight is 419 g/mol. The van der Waals surface area contributed by atoms with Crippen LogP contribution in [-0.4, -0.2) is 5.78 Å². The maximum absolute atomic E-state index is 13.3. The first-order valence-corrected chi connectivity index (χ1v) is 9.27. The average Bonchev–Trinajstić information content (AvgIpc) is 2.67. The Bertz CT molecular complexity index is 1220. The van der Waals surface area contributed by atoms with Gasteiger partial charge in [0.2, 0.25) is 5.78 Å². The predicted octanol–water partition coefficient (Wildman–Crippen LogP) is 5.76. The molecule has 0 spiro atoms. The number of carbonyl (C=O) groups is 1. The summed E-state index contributed by atoms with van der Waals surface area (Å²) >= 11 is 3.38. The van der Waals surface area contributed by atoms with Gasteiger partial charge in [-0.15, -0.1) is 0 Å². The van der Waals surface area contributed by atoms with Gasteiger partial charge >= 0.3 is 5.63 Å². The molecule has 3 nitrogen and oxygen atoms in total. The third kappa shape index (κ3) is 3.24. The molecule has 0 amide bonds. The van der Waals surface area contributed by atoms with Gasteiger partial charge in [-0.1, -0.05) is 70.0 Å². The molecule has 0 saturated carbocycles. The Morgan fingerprint density at radius 3 is 2.44 bits per heavy atom. The van der Waals surface area contributed by atoms with Gasteiger partial charge < -0.3 is 4.42 Å². The molecule has 0 saturated heterocycles. The van der Waals surface area contributed by atoms with E-state index in [0.29, 0.717) is 16.7 Å². The molecule has 1 heterocycles. The van der Waals surface area contributed by atoms with Crippen molar-refractivity contribution < 1.29 is 9.21 Å². The number of benzene rings is 3. The Labute approximate surface area is 164 Å². The summed E-state index contributed by atoms with van der Waals surface area (Å²) < 4.78 is 6.27. The fourth-order valence-electron chi connectivity index (χ4n) is 3.20. The van der Waals surface area contributed by atoms with E-state index in [1.165, 1.54) is 0 Å². The summed E-state index contributed by atoms with van der Waals surface area (Å²) in [5, 5.41) is 0.749. The fraction of sp³-hybridized carbons (Fsp3) is 0.0435. The summed E-state index contributed by atoms with van der Waals surface area (Å²) in [5.74, 6) is -0.354. The Morgan fingerprint density at radius 1 is 0.926 bits per heavy atom. The van der Waals surface area contributed by atoms with Crippen molar-refractivity contribution in [2.24, 2.45) is 0 Å². The second-order valence-electron chi connectivity index (χ2n) is 6.34. The minimum Gasteiger partial charge on any atom is -0.422 e. The molecule has 4 rings (SSSR count). The monoisotopic (exact) mass is 418 g/mol. The van der Waals surface area contributed by atoms with E-state index in [9.17, 15) is 9.59 Å². The molecule has 0 unspecified atom stereocenters. The van der Waals surface area contributed by atoms with Crippen molar-refractivity contribution in [2.75, 3.05) is 0 Å². The molecule has 27 heavy (non-hydrogen) atoms. The number of hydrogen-bond donors (Lipinski definition) is 0. The number of hydrogen-bond acceptors (Lipinski definition) is 3. The first kappa shape index (κ1) is 17.4. The van der Waals surface area contributed by atoms with Gasteiger partial charge in [-0.3, -0.25) is 4.79 Å². The largest absolute Gasteiger partial charge is 0.422 e. The van der Waals surface area contributed by atoms with Crippen LogP contribution in [0.1, 0.15) is 21.5 Å². The minimum absolute atomic E-state index is 0.0531. The van der Waals surface area contributed by atoms with E-state index >= 15 is 0 Å². The predicted molar refractivity (Wildman–Crippen MR) is 110 cm³/mol. The maximum Gasteiger partial charge on any atom is 0.348 e. The summed E-state index contributed by atoms with van der Waals surface area (Å²) in [6.45, 7) is 1.97. The highest BCUT2D eigenvalue weighted by molar-refractivity contribution is 9.10. The highest BCUT2D eigenvalue weighted by Gasteiger charge is 2.23. The van der Waals surface area contributed by atoms with Crippen LogP contribution < -0.4 is 5.63 Å². The van der Waals surface area contributed by atoms with Crippen molar-refractivity contribution in [1.82, 2.24) is 0 Å². The molecule has 4 heteroatoms. The van der Waals surface area contributed by atoms with E-state index in [1.54, 1.807) is 24.3 Å². The highest BCUT2D eigenvalue weighted by Crippen LogP contribution is 2.32. The second-order valence-corrected chi connectivity index (χ2v) is 7.26. The SMILES string of the molecule is Cc1ccc2oc(=O)c(C(=O)c3cccc(Br)c3)c(-c3ccccc3)c2c1. The zero-order valence-corrected chi connectivity index (χ0v) is 16.1. The third-order valence-corrected chi connectivity index (χ3v) is 4.93. The Hall–Kier alpha value is -2.98. The number of carbonyl (C=O) groups excluding carboxylic acids is 1. The molecule has 0 fully saturated rings. The number of halogens is 1. The van der Waals surface area contributed by atoms with Crippen LogP contribution in [0.5, 0.6) is 0 Å². The van der Waals surface area contributed by atoms with Gasteiger partial charge in [-0.2, -0.15) is 0 Å². The molecule has 4 aromatic rings. The maximum atomic E-state index is 13.3. The van der Waals surface area contributed by atoms with Crippen molar-refractivity contribution in [3.05, 3.63) is 104 Å². The fourth-order valence-corrected chi connectivity index (χ4v) is 3.60.